The monoisotopic (exact) mass is 484 g/mol. The van der Waals surface area contributed by atoms with Crippen molar-refractivity contribution in [3.8, 4) is 11.3 Å². The first-order valence-corrected chi connectivity index (χ1v) is 11.9. The molecule has 0 radical (unpaired) electrons. The number of rotatable bonds is 7. The molecule has 3 heterocycles. The van der Waals surface area contributed by atoms with E-state index in [1.165, 1.54) is 6.26 Å². The quantitative estimate of drug-likeness (QED) is 0.518. The Labute approximate surface area is 203 Å². The zero-order valence-corrected chi connectivity index (χ0v) is 20.3. The van der Waals surface area contributed by atoms with Crippen LogP contribution in [0, 0.1) is 11.8 Å². The highest BCUT2D eigenvalue weighted by Crippen LogP contribution is 2.31. The van der Waals surface area contributed by atoms with Gasteiger partial charge in [-0.15, -0.1) is 0 Å². The normalized spacial score (nSPS) is 18.9. The molecule has 2 N–H and O–H groups in total. The minimum Gasteiger partial charge on any atom is -0.364 e. The van der Waals surface area contributed by atoms with E-state index in [9.17, 15) is 9.59 Å². The molecule has 1 aliphatic carbocycles. The molecule has 1 saturated carbocycles. The van der Waals surface area contributed by atoms with Gasteiger partial charge in [-0.1, -0.05) is 43.4 Å². The summed E-state index contributed by atoms with van der Waals surface area (Å²) < 4.78 is 6.65. The van der Waals surface area contributed by atoms with Crippen molar-refractivity contribution in [2.75, 3.05) is 5.32 Å². The van der Waals surface area contributed by atoms with Gasteiger partial charge in [-0.3, -0.25) is 14.3 Å². The number of anilines is 1. The molecule has 0 aromatic carbocycles. The van der Waals surface area contributed by atoms with Crippen LogP contribution in [0.5, 0.6) is 0 Å². The van der Waals surface area contributed by atoms with Crippen LogP contribution < -0.4 is 10.6 Å². The number of nitrogens with zero attached hydrogens (tertiary/aromatic N) is 4. The predicted molar refractivity (Wildman–Crippen MR) is 128 cm³/mol. The molecule has 34 heavy (non-hydrogen) atoms. The molecule has 3 aromatic heterocycles. The molecule has 1 aliphatic rings. The third kappa shape index (κ3) is 5.14. The summed E-state index contributed by atoms with van der Waals surface area (Å²) in [4.78, 5) is 30.7. The third-order valence-corrected chi connectivity index (χ3v) is 6.78. The van der Waals surface area contributed by atoms with Crippen LogP contribution in [0.4, 0.5) is 5.82 Å². The molecule has 9 nitrogen and oxygen atoms in total. The molecular formula is C24H29ClN6O3. The molecule has 1 fully saturated rings. The van der Waals surface area contributed by atoms with Gasteiger partial charge >= 0.3 is 0 Å². The SMILES string of the molecule is CCc1nocc1C(=O)N[C@H](C(=O)Nc1ccc(-c2c(Cl)cnn2C)cn1)C1CCC(C)CC1. The van der Waals surface area contributed by atoms with Gasteiger partial charge < -0.3 is 15.2 Å². The highest BCUT2D eigenvalue weighted by Gasteiger charge is 2.33. The van der Waals surface area contributed by atoms with E-state index in [1.807, 2.05) is 13.0 Å². The van der Waals surface area contributed by atoms with Crippen LogP contribution >= 0.6 is 11.6 Å². The second-order valence-electron chi connectivity index (χ2n) is 8.89. The molecule has 4 rings (SSSR count). The second kappa shape index (κ2) is 10.4. The lowest BCUT2D eigenvalue weighted by molar-refractivity contribution is -0.119. The van der Waals surface area contributed by atoms with Gasteiger partial charge in [-0.2, -0.15) is 5.10 Å². The van der Waals surface area contributed by atoms with Crippen molar-refractivity contribution in [2.24, 2.45) is 18.9 Å². The smallest absolute Gasteiger partial charge is 0.257 e. The molecule has 0 bridgehead atoms. The van der Waals surface area contributed by atoms with E-state index in [2.05, 4.69) is 32.8 Å². The molecule has 0 spiro atoms. The van der Waals surface area contributed by atoms with E-state index in [0.29, 0.717) is 34.4 Å². The lowest BCUT2D eigenvalue weighted by atomic mass is 9.79. The summed E-state index contributed by atoms with van der Waals surface area (Å²) in [6.45, 7) is 4.11. The summed E-state index contributed by atoms with van der Waals surface area (Å²) in [6.07, 6.45) is 8.89. The van der Waals surface area contributed by atoms with Gasteiger partial charge in [0.05, 0.1) is 22.6 Å². The largest absolute Gasteiger partial charge is 0.364 e. The van der Waals surface area contributed by atoms with Crippen molar-refractivity contribution in [2.45, 2.75) is 52.0 Å². The highest BCUT2D eigenvalue weighted by molar-refractivity contribution is 6.33. The first-order chi connectivity index (χ1) is 16.4. The van der Waals surface area contributed by atoms with Crippen molar-refractivity contribution >= 4 is 29.2 Å². The molecule has 2 amide bonds. The van der Waals surface area contributed by atoms with Gasteiger partial charge in [0.25, 0.3) is 5.91 Å². The fourth-order valence-electron chi connectivity index (χ4n) is 4.48. The number of hydrogen-bond acceptors (Lipinski definition) is 6. The van der Waals surface area contributed by atoms with Gasteiger partial charge in [-0.05, 0) is 43.2 Å². The molecule has 3 aromatic rings. The van der Waals surface area contributed by atoms with Crippen LogP contribution in [0.15, 0.2) is 35.3 Å². The standard InChI is InChI=1S/C24H29ClN6O3/c1-4-19-17(13-34-30-19)23(32)29-21(15-7-5-14(2)6-8-15)24(33)28-20-10-9-16(11-26-20)22-18(25)12-27-31(22)3/h9-15,21H,4-8H2,1-3H3,(H,29,32)(H,26,28,33)/t14?,15?,21-/m0/s1. The van der Waals surface area contributed by atoms with Gasteiger partial charge in [0, 0.05) is 18.8 Å². The number of hydrogen-bond donors (Lipinski definition) is 2. The number of aryl methyl sites for hydroxylation is 2. The summed E-state index contributed by atoms with van der Waals surface area (Å²) >= 11 is 6.22. The van der Waals surface area contributed by atoms with Crippen LogP contribution in [-0.2, 0) is 18.3 Å². The van der Waals surface area contributed by atoms with E-state index < -0.39 is 6.04 Å². The van der Waals surface area contributed by atoms with Gasteiger partial charge in [0.15, 0.2) is 0 Å². The minimum atomic E-state index is -0.687. The van der Waals surface area contributed by atoms with Crippen molar-refractivity contribution in [1.29, 1.82) is 0 Å². The lowest BCUT2D eigenvalue weighted by Crippen LogP contribution is -2.49. The fourth-order valence-corrected chi connectivity index (χ4v) is 4.76. The number of nitrogens with one attached hydrogen (secondary N) is 2. The van der Waals surface area contributed by atoms with E-state index in [0.717, 1.165) is 36.9 Å². The summed E-state index contributed by atoms with van der Waals surface area (Å²) in [5.41, 5.74) is 2.46. The summed E-state index contributed by atoms with van der Waals surface area (Å²) in [5, 5.41) is 14.4. The van der Waals surface area contributed by atoms with Crippen molar-refractivity contribution in [3.63, 3.8) is 0 Å². The topological polar surface area (TPSA) is 115 Å². The zero-order chi connectivity index (χ0) is 24.2. The first kappa shape index (κ1) is 23.9. The van der Waals surface area contributed by atoms with E-state index >= 15 is 0 Å². The van der Waals surface area contributed by atoms with Gasteiger partial charge in [0.1, 0.15) is 23.7 Å². The maximum absolute atomic E-state index is 13.3. The van der Waals surface area contributed by atoms with Crippen LogP contribution in [0.2, 0.25) is 5.02 Å². The third-order valence-electron chi connectivity index (χ3n) is 6.51. The average Bonchev–Trinajstić information content (AvgIpc) is 3.45. The Kier molecular flexibility index (Phi) is 7.31. The Morgan fingerprint density at radius 2 is 2.00 bits per heavy atom. The van der Waals surface area contributed by atoms with Gasteiger partial charge in [0.2, 0.25) is 5.91 Å². The van der Waals surface area contributed by atoms with E-state index in [4.69, 9.17) is 16.1 Å². The summed E-state index contributed by atoms with van der Waals surface area (Å²) in [7, 11) is 1.80. The molecule has 180 valence electrons. The minimum absolute atomic E-state index is 0.0395. The van der Waals surface area contributed by atoms with E-state index in [-0.39, 0.29) is 17.7 Å². The Morgan fingerprint density at radius 3 is 2.62 bits per heavy atom. The Morgan fingerprint density at radius 1 is 1.24 bits per heavy atom. The van der Waals surface area contributed by atoms with Crippen molar-refractivity contribution in [1.82, 2.24) is 25.2 Å². The number of aromatic nitrogens is 4. The summed E-state index contributed by atoms with van der Waals surface area (Å²) in [6, 6.07) is 2.85. The van der Waals surface area contributed by atoms with Crippen LogP contribution in [0.3, 0.4) is 0 Å². The fraction of sp³-hybridized carbons (Fsp3) is 0.458. The summed E-state index contributed by atoms with van der Waals surface area (Å²) in [5.74, 6) is 0.410. The number of carbonyl (C=O) groups is 2. The van der Waals surface area contributed by atoms with Crippen molar-refractivity contribution < 1.29 is 14.1 Å². The predicted octanol–water partition coefficient (Wildman–Crippen LogP) is 4.25. The molecule has 10 heteroatoms. The molecular weight excluding hydrogens is 456 g/mol. The Bertz CT molecular complexity index is 1130. The first-order valence-electron chi connectivity index (χ1n) is 11.6. The van der Waals surface area contributed by atoms with Crippen molar-refractivity contribution in [3.05, 3.63) is 47.1 Å². The van der Waals surface area contributed by atoms with Crippen LogP contribution in [0.1, 0.15) is 55.6 Å². The number of pyridine rings is 1. The lowest BCUT2D eigenvalue weighted by Gasteiger charge is -2.32. The molecule has 1 atom stereocenters. The van der Waals surface area contributed by atoms with E-state index in [1.54, 1.807) is 30.2 Å². The maximum Gasteiger partial charge on any atom is 0.257 e. The second-order valence-corrected chi connectivity index (χ2v) is 9.29. The molecule has 0 saturated heterocycles. The zero-order valence-electron chi connectivity index (χ0n) is 19.5. The Balaban J connectivity index is 1.51. The number of halogens is 1. The number of amides is 2. The highest BCUT2D eigenvalue weighted by atomic mass is 35.5. The van der Waals surface area contributed by atoms with Crippen LogP contribution in [-0.4, -0.2) is 37.8 Å². The number of carbonyl (C=O) groups excluding carboxylic acids is 2. The molecule has 0 unspecified atom stereocenters. The van der Waals surface area contributed by atoms with Crippen LogP contribution in [0.25, 0.3) is 11.3 Å². The van der Waals surface area contributed by atoms with Gasteiger partial charge in [-0.25, -0.2) is 4.98 Å². The maximum atomic E-state index is 13.3. The average molecular weight is 485 g/mol. The molecule has 0 aliphatic heterocycles. The Hall–Kier alpha value is -3.20.